The van der Waals surface area contributed by atoms with Gasteiger partial charge in [0.05, 0.1) is 13.0 Å². The number of rotatable bonds is 6. The minimum absolute atomic E-state index is 0.0759. The smallest absolute Gasteiger partial charge is 0.305 e. The molecule has 17 heavy (non-hydrogen) atoms. The second kappa shape index (κ2) is 6.08. The summed E-state index contributed by atoms with van der Waals surface area (Å²) in [7, 11) is 0. The number of nitrogens with zero attached hydrogens (tertiary/aromatic N) is 1. The van der Waals surface area contributed by atoms with Crippen molar-refractivity contribution in [2.24, 2.45) is 5.92 Å². The van der Waals surface area contributed by atoms with E-state index in [2.05, 4.69) is 0 Å². The molecule has 5 nitrogen and oxygen atoms in total. The minimum Gasteiger partial charge on any atom is -0.488 e. The predicted molar refractivity (Wildman–Crippen MR) is 63.3 cm³/mol. The minimum atomic E-state index is -0.926. The van der Waals surface area contributed by atoms with E-state index in [1.54, 1.807) is 18.3 Å². The number of aliphatic carboxylic acids is 1. The number of carbonyl (C=O) groups is 1. The molecule has 0 spiro atoms. The van der Waals surface area contributed by atoms with Crippen molar-refractivity contribution < 1.29 is 14.6 Å². The van der Waals surface area contributed by atoms with Gasteiger partial charge in [-0.05, 0) is 18.1 Å². The van der Waals surface area contributed by atoms with Crippen LogP contribution in [0.25, 0.3) is 0 Å². The van der Waals surface area contributed by atoms with Crippen LogP contribution in [0, 0.1) is 5.92 Å². The number of carboxylic acids is 1. The van der Waals surface area contributed by atoms with Crippen molar-refractivity contribution in [3.63, 3.8) is 0 Å². The quantitative estimate of drug-likeness (QED) is 0.813. The van der Waals surface area contributed by atoms with Crippen molar-refractivity contribution in [1.29, 1.82) is 0 Å². The predicted octanol–water partition coefficient (Wildman–Crippen LogP) is 1.36. The fraction of sp³-hybridized carbons (Fsp3) is 0.500. The molecule has 1 aromatic heterocycles. The van der Waals surface area contributed by atoms with E-state index in [1.165, 1.54) is 4.57 Å². The molecule has 0 aliphatic heterocycles. The van der Waals surface area contributed by atoms with Crippen molar-refractivity contribution in [3.8, 4) is 5.75 Å². The van der Waals surface area contributed by atoms with Gasteiger partial charge in [-0.15, -0.1) is 0 Å². The Morgan fingerprint density at radius 2 is 2.24 bits per heavy atom. The molecule has 1 aromatic rings. The largest absolute Gasteiger partial charge is 0.488 e. The van der Waals surface area contributed by atoms with Gasteiger partial charge in [-0.25, -0.2) is 0 Å². The Hall–Kier alpha value is -1.78. The normalized spacial score (nSPS) is 10.5. The molecule has 5 heteroatoms. The number of carboxylic acid groups (broad SMARTS) is 1. The molecule has 0 saturated carbocycles. The number of pyridine rings is 1. The molecule has 94 valence electrons. The zero-order chi connectivity index (χ0) is 12.8. The molecule has 0 aliphatic rings. The third-order valence-electron chi connectivity index (χ3n) is 2.12. The van der Waals surface area contributed by atoms with E-state index in [0.29, 0.717) is 12.5 Å². The number of hydrogen-bond donors (Lipinski definition) is 1. The standard InChI is InChI=1S/C12H17NO4/c1-9(2)8-17-10-4-3-6-13(12(10)16)7-5-11(14)15/h3-4,6,9H,5,7-8H2,1-2H3,(H,14,15). The highest BCUT2D eigenvalue weighted by molar-refractivity contribution is 5.66. The van der Waals surface area contributed by atoms with E-state index in [4.69, 9.17) is 9.84 Å². The fourth-order valence-corrected chi connectivity index (χ4v) is 1.27. The molecule has 1 rings (SSSR count). The van der Waals surface area contributed by atoms with E-state index < -0.39 is 5.97 Å². The molecule has 1 N–H and O–H groups in total. The van der Waals surface area contributed by atoms with Gasteiger partial charge in [0, 0.05) is 12.7 Å². The van der Waals surface area contributed by atoms with Crippen molar-refractivity contribution >= 4 is 5.97 Å². The first-order valence-electron chi connectivity index (χ1n) is 5.54. The molecule has 0 amide bonds. The first-order chi connectivity index (χ1) is 8.00. The fourth-order valence-electron chi connectivity index (χ4n) is 1.27. The molecule has 0 atom stereocenters. The highest BCUT2D eigenvalue weighted by Crippen LogP contribution is 2.04. The van der Waals surface area contributed by atoms with Crippen LogP contribution in [0.5, 0.6) is 5.75 Å². The maximum atomic E-state index is 11.8. The summed E-state index contributed by atoms with van der Waals surface area (Å²) in [6.45, 7) is 4.61. The van der Waals surface area contributed by atoms with Crippen molar-refractivity contribution in [3.05, 3.63) is 28.7 Å². The van der Waals surface area contributed by atoms with Gasteiger partial charge in [0.1, 0.15) is 0 Å². The first kappa shape index (κ1) is 13.3. The monoisotopic (exact) mass is 239 g/mol. The van der Waals surface area contributed by atoms with Crippen LogP contribution in [0.3, 0.4) is 0 Å². The molecule has 0 saturated heterocycles. The van der Waals surface area contributed by atoms with Gasteiger partial charge in [-0.1, -0.05) is 13.8 Å². The zero-order valence-corrected chi connectivity index (χ0v) is 10.0. The van der Waals surface area contributed by atoms with Crippen LogP contribution in [-0.2, 0) is 11.3 Å². The maximum Gasteiger partial charge on any atom is 0.305 e. The van der Waals surface area contributed by atoms with Crippen LogP contribution in [0.4, 0.5) is 0 Å². The molecule has 0 fully saturated rings. The molecular formula is C12H17NO4. The van der Waals surface area contributed by atoms with Gasteiger partial charge in [0.2, 0.25) is 0 Å². The van der Waals surface area contributed by atoms with Crippen LogP contribution in [-0.4, -0.2) is 22.2 Å². The second-order valence-corrected chi connectivity index (χ2v) is 4.22. The van der Waals surface area contributed by atoms with Crippen LogP contribution in [0.1, 0.15) is 20.3 Å². The third-order valence-corrected chi connectivity index (χ3v) is 2.12. The van der Waals surface area contributed by atoms with Gasteiger partial charge < -0.3 is 14.4 Å². The first-order valence-corrected chi connectivity index (χ1v) is 5.54. The summed E-state index contributed by atoms with van der Waals surface area (Å²) >= 11 is 0. The summed E-state index contributed by atoms with van der Waals surface area (Å²) in [5, 5.41) is 8.56. The Morgan fingerprint density at radius 1 is 1.53 bits per heavy atom. The lowest BCUT2D eigenvalue weighted by molar-refractivity contribution is -0.137. The highest BCUT2D eigenvalue weighted by atomic mass is 16.5. The molecule has 0 bridgehead atoms. The van der Waals surface area contributed by atoms with Gasteiger partial charge in [0.15, 0.2) is 5.75 Å². The summed E-state index contributed by atoms with van der Waals surface area (Å²) in [6, 6.07) is 3.28. The van der Waals surface area contributed by atoms with E-state index in [0.717, 1.165) is 0 Å². The average molecular weight is 239 g/mol. The summed E-state index contributed by atoms with van der Waals surface area (Å²) in [5.41, 5.74) is -0.283. The van der Waals surface area contributed by atoms with Crippen molar-refractivity contribution in [2.45, 2.75) is 26.8 Å². The lowest BCUT2D eigenvalue weighted by Crippen LogP contribution is -2.23. The Labute approximate surface area is 99.6 Å². The molecule has 0 aromatic carbocycles. The zero-order valence-electron chi connectivity index (χ0n) is 10.0. The van der Waals surface area contributed by atoms with E-state index in [-0.39, 0.29) is 24.3 Å². The Kier molecular flexibility index (Phi) is 4.75. The molecule has 0 radical (unpaired) electrons. The summed E-state index contributed by atoms with van der Waals surface area (Å²) < 4.78 is 6.72. The van der Waals surface area contributed by atoms with Crippen molar-refractivity contribution in [1.82, 2.24) is 4.57 Å². The topological polar surface area (TPSA) is 68.5 Å². The lowest BCUT2D eigenvalue weighted by Gasteiger charge is -2.10. The number of ether oxygens (including phenoxy) is 1. The summed E-state index contributed by atoms with van der Waals surface area (Å²) in [6.07, 6.45) is 1.49. The van der Waals surface area contributed by atoms with Gasteiger partial charge in [-0.2, -0.15) is 0 Å². The highest BCUT2D eigenvalue weighted by Gasteiger charge is 2.06. The number of hydrogen-bond acceptors (Lipinski definition) is 3. The Morgan fingerprint density at radius 3 is 2.82 bits per heavy atom. The van der Waals surface area contributed by atoms with Gasteiger partial charge in [-0.3, -0.25) is 9.59 Å². The van der Waals surface area contributed by atoms with Gasteiger partial charge in [0.25, 0.3) is 5.56 Å². The summed E-state index contributed by atoms with van der Waals surface area (Å²) in [5.74, 6) is -0.320. The van der Waals surface area contributed by atoms with E-state index >= 15 is 0 Å². The summed E-state index contributed by atoms with van der Waals surface area (Å²) in [4.78, 5) is 22.3. The van der Waals surface area contributed by atoms with Crippen LogP contribution < -0.4 is 10.3 Å². The van der Waals surface area contributed by atoms with Crippen LogP contribution in [0.15, 0.2) is 23.1 Å². The van der Waals surface area contributed by atoms with Crippen LogP contribution >= 0.6 is 0 Å². The van der Waals surface area contributed by atoms with Gasteiger partial charge >= 0.3 is 5.97 Å². The Balaban J connectivity index is 2.76. The van der Waals surface area contributed by atoms with E-state index in [1.807, 2.05) is 13.8 Å². The lowest BCUT2D eigenvalue weighted by atomic mass is 10.2. The third kappa shape index (κ3) is 4.30. The Bertz CT molecular complexity index is 436. The number of aryl methyl sites for hydroxylation is 1. The van der Waals surface area contributed by atoms with Crippen LogP contribution in [0.2, 0.25) is 0 Å². The maximum absolute atomic E-state index is 11.8. The molecule has 1 heterocycles. The van der Waals surface area contributed by atoms with E-state index in [9.17, 15) is 9.59 Å². The average Bonchev–Trinajstić information content (AvgIpc) is 2.25. The second-order valence-electron chi connectivity index (χ2n) is 4.22. The molecule has 0 aliphatic carbocycles. The molecule has 0 unspecified atom stereocenters. The molecular weight excluding hydrogens is 222 g/mol. The van der Waals surface area contributed by atoms with Crippen molar-refractivity contribution in [2.75, 3.05) is 6.61 Å². The number of aromatic nitrogens is 1. The SMILES string of the molecule is CC(C)COc1cccn(CCC(=O)O)c1=O.